The van der Waals surface area contributed by atoms with Gasteiger partial charge in [0.1, 0.15) is 12.4 Å². The minimum Gasteiger partial charge on any atom is -0.353 e. The van der Waals surface area contributed by atoms with Crippen molar-refractivity contribution < 1.29 is 14.0 Å². The van der Waals surface area contributed by atoms with Crippen LogP contribution in [0.2, 0.25) is 0 Å². The first-order valence-electron chi connectivity index (χ1n) is 6.35. The van der Waals surface area contributed by atoms with Crippen LogP contribution in [-0.4, -0.2) is 50.4 Å². The van der Waals surface area contributed by atoms with E-state index in [1.54, 1.807) is 0 Å². The minimum atomic E-state index is -0.382. The zero-order valence-electron chi connectivity index (χ0n) is 12.0. The molecule has 0 unspecified atom stereocenters. The van der Waals surface area contributed by atoms with Crippen molar-refractivity contribution in [2.24, 2.45) is 0 Å². The number of amides is 2. The van der Waals surface area contributed by atoms with Crippen LogP contribution in [0.25, 0.3) is 0 Å². The molecule has 1 aromatic rings. The average molecular weight is 281 g/mol. The van der Waals surface area contributed by atoms with Gasteiger partial charge in [0, 0.05) is 25.7 Å². The van der Waals surface area contributed by atoms with Gasteiger partial charge in [0.05, 0.1) is 0 Å². The van der Waals surface area contributed by atoms with E-state index < -0.39 is 0 Å². The Morgan fingerprint density at radius 2 is 1.80 bits per heavy atom. The molecule has 2 amide bonds. The summed E-state index contributed by atoms with van der Waals surface area (Å²) in [4.78, 5) is 26.6. The van der Waals surface area contributed by atoms with Crippen molar-refractivity contribution in [3.63, 3.8) is 0 Å². The van der Waals surface area contributed by atoms with E-state index in [9.17, 15) is 14.0 Å². The molecule has 0 saturated heterocycles. The Balaban J connectivity index is 2.61. The average Bonchev–Trinajstić information content (AvgIpc) is 2.36. The SMILES string of the molecule is CC(=O)N(CC(=O)NCCN(C)C)c1ccc(F)cc1. The molecule has 0 saturated carbocycles. The largest absolute Gasteiger partial charge is 0.353 e. The second-order valence-corrected chi connectivity index (χ2v) is 4.73. The Bertz CT molecular complexity index is 460. The maximum atomic E-state index is 12.9. The molecule has 0 aromatic heterocycles. The second-order valence-electron chi connectivity index (χ2n) is 4.73. The van der Waals surface area contributed by atoms with E-state index in [2.05, 4.69) is 5.32 Å². The molecule has 0 aliphatic heterocycles. The quantitative estimate of drug-likeness (QED) is 0.841. The van der Waals surface area contributed by atoms with Crippen LogP contribution in [0.15, 0.2) is 24.3 Å². The van der Waals surface area contributed by atoms with Crippen LogP contribution < -0.4 is 10.2 Å². The van der Waals surface area contributed by atoms with E-state index >= 15 is 0 Å². The summed E-state index contributed by atoms with van der Waals surface area (Å²) in [6.45, 7) is 2.54. The molecule has 0 spiro atoms. The molecule has 0 bridgehead atoms. The van der Waals surface area contributed by atoms with Gasteiger partial charge in [0.25, 0.3) is 0 Å². The van der Waals surface area contributed by atoms with Crippen LogP contribution in [0.3, 0.4) is 0 Å². The zero-order valence-corrected chi connectivity index (χ0v) is 12.0. The highest BCUT2D eigenvalue weighted by atomic mass is 19.1. The Kier molecular flexibility index (Phi) is 6.11. The number of carbonyl (C=O) groups is 2. The van der Waals surface area contributed by atoms with Crippen LogP contribution in [0.1, 0.15) is 6.92 Å². The fraction of sp³-hybridized carbons (Fsp3) is 0.429. The number of halogens is 1. The molecule has 20 heavy (non-hydrogen) atoms. The minimum absolute atomic E-state index is 0.0750. The molecule has 1 aromatic carbocycles. The summed E-state index contributed by atoms with van der Waals surface area (Å²) in [6, 6.07) is 5.47. The number of nitrogens with one attached hydrogen (secondary N) is 1. The molecule has 0 aliphatic carbocycles. The smallest absolute Gasteiger partial charge is 0.240 e. The van der Waals surface area contributed by atoms with Crippen LogP contribution >= 0.6 is 0 Å². The highest BCUT2D eigenvalue weighted by Gasteiger charge is 2.15. The first-order valence-corrected chi connectivity index (χ1v) is 6.35. The van der Waals surface area contributed by atoms with E-state index in [4.69, 9.17) is 0 Å². The standard InChI is InChI=1S/C14H20FN3O2/c1-11(19)18(13-6-4-12(15)5-7-13)10-14(20)16-8-9-17(2)3/h4-7H,8-10H2,1-3H3,(H,16,20). The highest BCUT2D eigenvalue weighted by molar-refractivity contribution is 5.97. The second kappa shape index (κ2) is 7.59. The lowest BCUT2D eigenvalue weighted by Crippen LogP contribution is -2.41. The molecule has 5 nitrogen and oxygen atoms in total. The Labute approximate surface area is 118 Å². The predicted molar refractivity (Wildman–Crippen MR) is 76.0 cm³/mol. The molecular weight excluding hydrogens is 261 g/mol. The lowest BCUT2D eigenvalue weighted by Gasteiger charge is -2.21. The molecular formula is C14H20FN3O2. The maximum Gasteiger partial charge on any atom is 0.240 e. The van der Waals surface area contributed by atoms with Crippen molar-refractivity contribution in [2.45, 2.75) is 6.92 Å². The van der Waals surface area contributed by atoms with Gasteiger partial charge in [-0.05, 0) is 38.4 Å². The van der Waals surface area contributed by atoms with Gasteiger partial charge in [0.15, 0.2) is 0 Å². The molecule has 0 radical (unpaired) electrons. The molecule has 0 aliphatic rings. The first kappa shape index (κ1) is 16.1. The fourth-order valence-electron chi connectivity index (χ4n) is 1.62. The van der Waals surface area contributed by atoms with Crippen molar-refractivity contribution in [2.75, 3.05) is 38.6 Å². The van der Waals surface area contributed by atoms with Crippen LogP contribution in [0.5, 0.6) is 0 Å². The van der Waals surface area contributed by atoms with E-state index in [0.29, 0.717) is 12.2 Å². The summed E-state index contributed by atoms with van der Waals surface area (Å²) in [5.41, 5.74) is 0.502. The summed E-state index contributed by atoms with van der Waals surface area (Å²) in [6.07, 6.45) is 0. The summed E-state index contributed by atoms with van der Waals surface area (Å²) in [5, 5.41) is 2.73. The van der Waals surface area contributed by atoms with Gasteiger partial charge in [-0.1, -0.05) is 0 Å². The third-order valence-electron chi connectivity index (χ3n) is 2.70. The number of hydrogen-bond donors (Lipinski definition) is 1. The molecule has 1 rings (SSSR count). The van der Waals surface area contributed by atoms with Gasteiger partial charge >= 0.3 is 0 Å². The summed E-state index contributed by atoms with van der Waals surface area (Å²) in [7, 11) is 3.82. The third kappa shape index (κ3) is 5.36. The lowest BCUT2D eigenvalue weighted by atomic mass is 10.2. The van der Waals surface area contributed by atoms with Crippen molar-refractivity contribution >= 4 is 17.5 Å². The number of anilines is 1. The van der Waals surface area contributed by atoms with Gasteiger partial charge in [-0.3, -0.25) is 9.59 Å². The topological polar surface area (TPSA) is 52.7 Å². The van der Waals surface area contributed by atoms with Crippen LogP contribution in [-0.2, 0) is 9.59 Å². The zero-order chi connectivity index (χ0) is 15.1. The Morgan fingerprint density at radius 1 is 1.20 bits per heavy atom. The first-order chi connectivity index (χ1) is 9.40. The van der Waals surface area contributed by atoms with Gasteiger partial charge < -0.3 is 15.1 Å². The Morgan fingerprint density at radius 3 is 2.30 bits per heavy atom. The molecule has 6 heteroatoms. The van der Waals surface area contributed by atoms with Gasteiger partial charge in [-0.2, -0.15) is 0 Å². The molecule has 1 N–H and O–H groups in total. The van der Waals surface area contributed by atoms with Crippen molar-refractivity contribution in [3.8, 4) is 0 Å². The number of nitrogens with zero attached hydrogens (tertiary/aromatic N) is 2. The lowest BCUT2D eigenvalue weighted by molar-refractivity contribution is -0.123. The van der Waals surface area contributed by atoms with Crippen LogP contribution in [0.4, 0.5) is 10.1 Å². The summed E-state index contributed by atoms with van der Waals surface area (Å²) in [5.74, 6) is -0.890. The fourth-order valence-corrected chi connectivity index (χ4v) is 1.62. The van der Waals surface area contributed by atoms with Crippen LogP contribution in [0, 0.1) is 5.82 Å². The summed E-state index contributed by atoms with van der Waals surface area (Å²) < 4.78 is 12.9. The van der Waals surface area contributed by atoms with E-state index in [0.717, 1.165) is 6.54 Å². The number of carbonyl (C=O) groups excluding carboxylic acids is 2. The van der Waals surface area contributed by atoms with Gasteiger partial charge in [0.2, 0.25) is 11.8 Å². The number of hydrogen-bond acceptors (Lipinski definition) is 3. The van der Waals surface area contributed by atoms with E-state index in [1.165, 1.54) is 36.1 Å². The van der Waals surface area contributed by atoms with Gasteiger partial charge in [-0.15, -0.1) is 0 Å². The summed E-state index contributed by atoms with van der Waals surface area (Å²) >= 11 is 0. The molecule has 110 valence electrons. The number of likely N-dealkylation sites (N-methyl/N-ethyl adjacent to an activating group) is 1. The molecule has 0 heterocycles. The van der Waals surface area contributed by atoms with Crippen molar-refractivity contribution in [1.82, 2.24) is 10.2 Å². The van der Waals surface area contributed by atoms with E-state index in [-0.39, 0.29) is 24.2 Å². The third-order valence-corrected chi connectivity index (χ3v) is 2.70. The highest BCUT2D eigenvalue weighted by Crippen LogP contribution is 2.14. The van der Waals surface area contributed by atoms with Gasteiger partial charge in [-0.25, -0.2) is 4.39 Å². The monoisotopic (exact) mass is 281 g/mol. The number of benzene rings is 1. The number of rotatable bonds is 6. The molecule has 0 fully saturated rings. The van der Waals surface area contributed by atoms with Crippen molar-refractivity contribution in [3.05, 3.63) is 30.1 Å². The predicted octanol–water partition coefficient (Wildman–Crippen LogP) is 0.856. The normalized spacial score (nSPS) is 10.4. The Hall–Kier alpha value is -1.95. The van der Waals surface area contributed by atoms with Crippen molar-refractivity contribution in [1.29, 1.82) is 0 Å². The van der Waals surface area contributed by atoms with E-state index in [1.807, 2.05) is 19.0 Å². The maximum absolute atomic E-state index is 12.9. The molecule has 0 atom stereocenters.